The molecule has 1 aliphatic rings. The summed E-state index contributed by atoms with van der Waals surface area (Å²) in [5.41, 5.74) is 1.09. The van der Waals surface area contributed by atoms with Crippen LogP contribution in [-0.2, 0) is 11.3 Å². The van der Waals surface area contributed by atoms with Gasteiger partial charge in [-0.3, -0.25) is 9.89 Å². The molecule has 1 unspecified atom stereocenters. The molecule has 1 aliphatic heterocycles. The van der Waals surface area contributed by atoms with Gasteiger partial charge in [-0.25, -0.2) is 4.98 Å². The molecule has 0 bridgehead atoms. The minimum atomic E-state index is 0.303. The molecular weight excluding hydrogens is 378 g/mol. The maximum absolute atomic E-state index is 5.54. The summed E-state index contributed by atoms with van der Waals surface area (Å²) in [7, 11) is 2.07. The molecule has 0 saturated carbocycles. The smallest absolute Gasteiger partial charge is 0.194 e. The van der Waals surface area contributed by atoms with Crippen molar-refractivity contribution in [3.05, 3.63) is 38.5 Å². The molecule has 27 heavy (non-hydrogen) atoms. The normalized spacial score (nSPS) is 17.1. The summed E-state index contributed by atoms with van der Waals surface area (Å²) in [6, 6.07) is 4.64. The molecule has 148 valence electrons. The Labute approximate surface area is 169 Å². The first-order valence-electron chi connectivity index (χ1n) is 9.43. The van der Waals surface area contributed by atoms with E-state index in [4.69, 9.17) is 9.73 Å². The van der Waals surface area contributed by atoms with Crippen molar-refractivity contribution >= 4 is 28.6 Å². The number of ether oxygens (including phenoxy) is 1. The number of rotatable bonds is 7. The van der Waals surface area contributed by atoms with Gasteiger partial charge in [-0.2, -0.15) is 0 Å². The first-order chi connectivity index (χ1) is 13.2. The van der Waals surface area contributed by atoms with Crippen molar-refractivity contribution in [2.75, 3.05) is 46.4 Å². The maximum Gasteiger partial charge on any atom is 0.194 e. The van der Waals surface area contributed by atoms with Crippen LogP contribution in [0.25, 0.3) is 0 Å². The summed E-state index contributed by atoms with van der Waals surface area (Å²) in [6.45, 7) is 10.0. The van der Waals surface area contributed by atoms with E-state index in [0.29, 0.717) is 6.04 Å². The zero-order chi connectivity index (χ0) is 19.1. The summed E-state index contributed by atoms with van der Waals surface area (Å²) in [4.78, 5) is 15.6. The van der Waals surface area contributed by atoms with Crippen LogP contribution in [0.1, 0.15) is 28.5 Å². The van der Waals surface area contributed by atoms with Crippen LogP contribution in [-0.4, -0.2) is 67.2 Å². The van der Waals surface area contributed by atoms with Gasteiger partial charge >= 0.3 is 0 Å². The second-order valence-corrected chi connectivity index (χ2v) is 8.63. The average molecular weight is 408 g/mol. The molecule has 1 N–H and O–H groups in total. The zero-order valence-corrected chi connectivity index (χ0v) is 18.0. The number of nitrogens with zero attached hydrogens (tertiary/aromatic N) is 4. The van der Waals surface area contributed by atoms with Crippen molar-refractivity contribution in [3.63, 3.8) is 0 Å². The Bertz CT molecular complexity index is 710. The Kier molecular flexibility index (Phi) is 7.63. The van der Waals surface area contributed by atoms with E-state index in [1.165, 1.54) is 4.88 Å². The van der Waals surface area contributed by atoms with E-state index >= 15 is 0 Å². The Morgan fingerprint density at radius 2 is 2.22 bits per heavy atom. The molecule has 0 radical (unpaired) electrons. The Hall–Kier alpha value is -1.48. The van der Waals surface area contributed by atoms with Gasteiger partial charge in [0.25, 0.3) is 0 Å². The van der Waals surface area contributed by atoms with Gasteiger partial charge in [0.1, 0.15) is 0 Å². The van der Waals surface area contributed by atoms with Gasteiger partial charge in [0.05, 0.1) is 43.0 Å². The van der Waals surface area contributed by atoms with Crippen molar-refractivity contribution in [2.24, 2.45) is 4.99 Å². The fourth-order valence-electron chi connectivity index (χ4n) is 3.20. The van der Waals surface area contributed by atoms with E-state index < -0.39 is 0 Å². The van der Waals surface area contributed by atoms with E-state index in [2.05, 4.69) is 57.0 Å². The fraction of sp³-hybridized carbons (Fsp3) is 0.579. The molecule has 0 aliphatic carbocycles. The molecular formula is C19H29N5OS2. The van der Waals surface area contributed by atoms with Crippen molar-refractivity contribution < 1.29 is 4.74 Å². The predicted octanol–water partition coefficient (Wildman–Crippen LogP) is 2.98. The SMILES string of the molecule is CCNC(=NCC(c1cccs1)N1CCOCC1)N(C)Cc1csc(C)n1. The van der Waals surface area contributed by atoms with E-state index in [-0.39, 0.29) is 0 Å². The van der Waals surface area contributed by atoms with Crippen molar-refractivity contribution in [1.82, 2.24) is 20.1 Å². The van der Waals surface area contributed by atoms with Crippen LogP contribution < -0.4 is 5.32 Å². The van der Waals surface area contributed by atoms with Crippen molar-refractivity contribution in [3.8, 4) is 0 Å². The number of aryl methyl sites for hydroxylation is 1. The average Bonchev–Trinajstić information content (AvgIpc) is 3.34. The summed E-state index contributed by atoms with van der Waals surface area (Å²) >= 11 is 3.50. The number of nitrogens with one attached hydrogen (secondary N) is 1. The van der Waals surface area contributed by atoms with E-state index in [0.717, 1.165) is 62.6 Å². The lowest BCUT2D eigenvalue weighted by molar-refractivity contribution is 0.0186. The predicted molar refractivity (Wildman–Crippen MR) is 114 cm³/mol. The highest BCUT2D eigenvalue weighted by molar-refractivity contribution is 7.10. The van der Waals surface area contributed by atoms with E-state index in [1.807, 2.05) is 18.3 Å². The van der Waals surface area contributed by atoms with Gasteiger partial charge in [0.2, 0.25) is 0 Å². The summed E-state index contributed by atoms with van der Waals surface area (Å²) in [5, 5.41) is 8.80. The van der Waals surface area contributed by atoms with Crippen LogP contribution in [0, 0.1) is 6.92 Å². The highest BCUT2D eigenvalue weighted by atomic mass is 32.1. The first kappa shape index (κ1) is 20.3. The number of morpholine rings is 1. The quantitative estimate of drug-likeness (QED) is 0.565. The van der Waals surface area contributed by atoms with Gasteiger partial charge in [-0.05, 0) is 25.3 Å². The summed E-state index contributed by atoms with van der Waals surface area (Å²) < 4.78 is 5.54. The molecule has 0 amide bonds. The van der Waals surface area contributed by atoms with Crippen LogP contribution in [0.4, 0.5) is 0 Å². The second-order valence-electron chi connectivity index (χ2n) is 6.59. The molecule has 8 heteroatoms. The van der Waals surface area contributed by atoms with Gasteiger partial charge < -0.3 is 15.0 Å². The van der Waals surface area contributed by atoms with Crippen LogP contribution >= 0.6 is 22.7 Å². The lowest BCUT2D eigenvalue weighted by Crippen LogP contribution is -2.42. The number of guanidine groups is 1. The van der Waals surface area contributed by atoms with Gasteiger partial charge in [-0.15, -0.1) is 22.7 Å². The van der Waals surface area contributed by atoms with Crippen LogP contribution in [0.3, 0.4) is 0 Å². The molecule has 1 atom stereocenters. The molecule has 2 aromatic rings. The molecule has 3 rings (SSSR count). The molecule has 3 heterocycles. The van der Waals surface area contributed by atoms with Gasteiger partial charge in [0, 0.05) is 36.9 Å². The largest absolute Gasteiger partial charge is 0.379 e. The minimum Gasteiger partial charge on any atom is -0.379 e. The summed E-state index contributed by atoms with van der Waals surface area (Å²) in [6.07, 6.45) is 0. The topological polar surface area (TPSA) is 53.0 Å². The number of aliphatic imine (C=N–C) groups is 1. The van der Waals surface area contributed by atoms with Gasteiger partial charge in [-0.1, -0.05) is 6.07 Å². The van der Waals surface area contributed by atoms with E-state index in [9.17, 15) is 0 Å². The monoisotopic (exact) mass is 407 g/mol. The van der Waals surface area contributed by atoms with Crippen molar-refractivity contribution in [1.29, 1.82) is 0 Å². The number of thiazole rings is 1. The van der Waals surface area contributed by atoms with Gasteiger partial charge in [0.15, 0.2) is 5.96 Å². The van der Waals surface area contributed by atoms with Crippen LogP contribution in [0.5, 0.6) is 0 Å². The highest BCUT2D eigenvalue weighted by Gasteiger charge is 2.23. The van der Waals surface area contributed by atoms with Crippen LogP contribution in [0.15, 0.2) is 27.9 Å². The lowest BCUT2D eigenvalue weighted by atomic mass is 10.2. The van der Waals surface area contributed by atoms with Crippen molar-refractivity contribution in [2.45, 2.75) is 26.4 Å². The number of thiophene rings is 1. The molecule has 6 nitrogen and oxygen atoms in total. The summed E-state index contributed by atoms with van der Waals surface area (Å²) in [5.74, 6) is 0.929. The molecule has 0 aromatic carbocycles. The third-order valence-corrected chi connectivity index (χ3v) is 6.33. The molecule has 1 fully saturated rings. The standard InChI is InChI=1S/C19H29N5OS2/c1-4-20-19(23(3)13-16-14-27-15(2)22-16)21-12-17(18-6-5-11-26-18)24-7-9-25-10-8-24/h5-6,11,14,17H,4,7-10,12-13H2,1-3H3,(H,20,21). The zero-order valence-electron chi connectivity index (χ0n) is 16.4. The lowest BCUT2D eigenvalue weighted by Gasteiger charge is -2.33. The molecule has 0 spiro atoms. The molecule has 1 saturated heterocycles. The number of aromatic nitrogens is 1. The Morgan fingerprint density at radius 3 is 2.85 bits per heavy atom. The number of hydrogen-bond acceptors (Lipinski definition) is 6. The first-order valence-corrected chi connectivity index (χ1v) is 11.2. The number of hydrogen-bond donors (Lipinski definition) is 1. The molecule has 2 aromatic heterocycles. The minimum absolute atomic E-state index is 0.303. The highest BCUT2D eigenvalue weighted by Crippen LogP contribution is 2.26. The Balaban J connectivity index is 1.72. The third-order valence-electron chi connectivity index (χ3n) is 4.53. The fourth-order valence-corrected chi connectivity index (χ4v) is 4.65. The Morgan fingerprint density at radius 1 is 1.41 bits per heavy atom. The second kappa shape index (κ2) is 10.2. The van der Waals surface area contributed by atoms with E-state index in [1.54, 1.807) is 11.3 Å². The maximum atomic E-state index is 5.54. The third kappa shape index (κ3) is 5.75. The van der Waals surface area contributed by atoms with Crippen LogP contribution in [0.2, 0.25) is 0 Å².